The summed E-state index contributed by atoms with van der Waals surface area (Å²) in [6.45, 7) is 0. The monoisotopic (exact) mass is 266 g/mol. The average Bonchev–Trinajstić information content (AvgIpc) is 2.43. The molecule has 0 saturated heterocycles. The van der Waals surface area contributed by atoms with Crippen molar-refractivity contribution >= 4 is 0 Å². The Kier molecular flexibility index (Phi) is 4.33. The van der Waals surface area contributed by atoms with E-state index in [1.54, 1.807) is 6.07 Å². The summed E-state index contributed by atoms with van der Waals surface area (Å²) < 4.78 is 33.0. The first kappa shape index (κ1) is 13.8. The molecule has 102 valence electrons. The van der Waals surface area contributed by atoms with Crippen LogP contribution in [0.5, 0.6) is 5.75 Å². The lowest BCUT2D eigenvalue weighted by Gasteiger charge is -2.31. The minimum absolute atomic E-state index is 0.0452. The molecule has 1 aromatic rings. The van der Waals surface area contributed by atoms with Crippen LogP contribution in [0.3, 0.4) is 0 Å². The molecule has 1 fully saturated rings. The van der Waals surface area contributed by atoms with Gasteiger partial charge in [-0.05, 0) is 38.4 Å². The van der Waals surface area contributed by atoms with Gasteiger partial charge >= 0.3 is 0 Å². The number of rotatable bonds is 3. The van der Waals surface area contributed by atoms with E-state index in [0.717, 1.165) is 37.8 Å². The van der Waals surface area contributed by atoms with E-state index in [4.69, 9.17) is 10.00 Å². The molecule has 1 aliphatic rings. The predicted molar refractivity (Wildman–Crippen MR) is 66.8 cm³/mol. The zero-order valence-electron chi connectivity index (χ0n) is 10.7. The van der Waals surface area contributed by atoms with Crippen LogP contribution in [0.15, 0.2) is 12.1 Å². The Morgan fingerprint density at radius 1 is 1.26 bits per heavy atom. The van der Waals surface area contributed by atoms with E-state index in [0.29, 0.717) is 0 Å². The fourth-order valence-electron chi connectivity index (χ4n) is 2.46. The smallest absolute Gasteiger partial charge is 0.191 e. The minimum atomic E-state index is -0.822. The van der Waals surface area contributed by atoms with E-state index < -0.39 is 11.6 Å². The van der Waals surface area contributed by atoms with Crippen molar-refractivity contribution in [3.63, 3.8) is 0 Å². The quantitative estimate of drug-likeness (QED) is 0.915. The standard InChI is InChI=1S/C14H16F2N2O/c1-18-12-4-2-3-5-13(12)19-14-10(15)6-9(8-17)7-11(14)16/h6-7,12-13,18H,2-5H2,1H3. The van der Waals surface area contributed by atoms with Crippen molar-refractivity contribution in [1.29, 1.82) is 5.26 Å². The topological polar surface area (TPSA) is 45.0 Å². The third-order valence-electron chi connectivity index (χ3n) is 3.47. The molecule has 1 aromatic carbocycles. The molecule has 1 aliphatic carbocycles. The Morgan fingerprint density at radius 3 is 2.47 bits per heavy atom. The number of likely N-dealkylation sites (N-methyl/N-ethyl adjacent to an activating group) is 1. The fraction of sp³-hybridized carbons (Fsp3) is 0.500. The molecular weight excluding hydrogens is 250 g/mol. The van der Waals surface area contributed by atoms with Crippen LogP contribution in [-0.2, 0) is 0 Å². The molecule has 0 spiro atoms. The second-order valence-electron chi connectivity index (χ2n) is 4.72. The molecule has 0 aromatic heterocycles. The molecule has 2 unspecified atom stereocenters. The van der Waals surface area contributed by atoms with Crippen LogP contribution in [0.2, 0.25) is 0 Å². The summed E-state index contributed by atoms with van der Waals surface area (Å²) in [5, 5.41) is 11.8. The lowest BCUT2D eigenvalue weighted by Crippen LogP contribution is -2.43. The summed E-state index contributed by atoms with van der Waals surface area (Å²) in [5.74, 6) is -2.03. The maximum Gasteiger partial charge on any atom is 0.191 e. The molecule has 0 heterocycles. The highest BCUT2D eigenvalue weighted by Crippen LogP contribution is 2.28. The van der Waals surface area contributed by atoms with Gasteiger partial charge in [0.2, 0.25) is 0 Å². The molecule has 0 amide bonds. The second-order valence-corrected chi connectivity index (χ2v) is 4.72. The van der Waals surface area contributed by atoms with Crippen molar-refractivity contribution in [2.24, 2.45) is 0 Å². The summed E-state index contributed by atoms with van der Waals surface area (Å²) in [6.07, 6.45) is 3.53. The summed E-state index contributed by atoms with van der Waals surface area (Å²) in [7, 11) is 1.82. The van der Waals surface area contributed by atoms with E-state index in [1.165, 1.54) is 0 Å². The molecule has 1 N–H and O–H groups in total. The minimum Gasteiger partial charge on any atom is -0.483 e. The number of halogens is 2. The molecule has 19 heavy (non-hydrogen) atoms. The molecule has 0 bridgehead atoms. The van der Waals surface area contributed by atoms with Crippen molar-refractivity contribution in [2.75, 3.05) is 7.05 Å². The second kappa shape index (κ2) is 5.98. The highest BCUT2D eigenvalue weighted by atomic mass is 19.1. The van der Waals surface area contributed by atoms with Crippen molar-refractivity contribution in [3.8, 4) is 11.8 Å². The molecule has 2 atom stereocenters. The average molecular weight is 266 g/mol. The molecule has 3 nitrogen and oxygen atoms in total. The Morgan fingerprint density at radius 2 is 1.89 bits per heavy atom. The Hall–Kier alpha value is -1.67. The van der Waals surface area contributed by atoms with Gasteiger partial charge in [0.15, 0.2) is 17.4 Å². The van der Waals surface area contributed by atoms with Gasteiger partial charge in [0, 0.05) is 6.04 Å². The zero-order chi connectivity index (χ0) is 13.8. The SMILES string of the molecule is CNC1CCCCC1Oc1c(F)cc(C#N)cc1F. The highest BCUT2D eigenvalue weighted by molar-refractivity contribution is 5.37. The molecule has 0 radical (unpaired) electrons. The third kappa shape index (κ3) is 3.02. The van der Waals surface area contributed by atoms with Gasteiger partial charge < -0.3 is 10.1 Å². The number of hydrogen-bond acceptors (Lipinski definition) is 3. The van der Waals surface area contributed by atoms with Gasteiger partial charge in [-0.2, -0.15) is 5.26 Å². The Balaban J connectivity index is 2.21. The van der Waals surface area contributed by atoms with Crippen LogP contribution in [0.1, 0.15) is 31.2 Å². The van der Waals surface area contributed by atoms with Gasteiger partial charge in [-0.15, -0.1) is 0 Å². The van der Waals surface area contributed by atoms with Gasteiger partial charge in [0.05, 0.1) is 11.6 Å². The van der Waals surface area contributed by atoms with Gasteiger partial charge in [-0.1, -0.05) is 6.42 Å². The Bertz CT molecular complexity index is 476. The van der Waals surface area contributed by atoms with Gasteiger partial charge in [-0.25, -0.2) is 8.78 Å². The van der Waals surface area contributed by atoms with E-state index in [9.17, 15) is 8.78 Å². The fourth-order valence-corrected chi connectivity index (χ4v) is 2.46. The van der Waals surface area contributed by atoms with Gasteiger partial charge in [0.25, 0.3) is 0 Å². The van der Waals surface area contributed by atoms with Crippen molar-refractivity contribution in [2.45, 2.75) is 37.8 Å². The number of nitriles is 1. The van der Waals surface area contributed by atoms with E-state index in [2.05, 4.69) is 5.32 Å². The number of benzene rings is 1. The number of nitrogens with one attached hydrogen (secondary N) is 1. The van der Waals surface area contributed by atoms with Gasteiger partial charge in [0.1, 0.15) is 6.10 Å². The first-order chi connectivity index (χ1) is 9.15. The lowest BCUT2D eigenvalue weighted by molar-refractivity contribution is 0.108. The largest absolute Gasteiger partial charge is 0.483 e. The number of hydrogen-bond donors (Lipinski definition) is 1. The van der Waals surface area contributed by atoms with Crippen molar-refractivity contribution in [3.05, 3.63) is 29.3 Å². The van der Waals surface area contributed by atoms with Crippen molar-refractivity contribution < 1.29 is 13.5 Å². The third-order valence-corrected chi connectivity index (χ3v) is 3.47. The van der Waals surface area contributed by atoms with Crippen LogP contribution < -0.4 is 10.1 Å². The summed E-state index contributed by atoms with van der Waals surface area (Å²) >= 11 is 0. The molecule has 0 aliphatic heterocycles. The lowest BCUT2D eigenvalue weighted by atomic mass is 9.92. The van der Waals surface area contributed by atoms with Crippen LogP contribution in [0, 0.1) is 23.0 Å². The maximum absolute atomic E-state index is 13.7. The maximum atomic E-state index is 13.7. The van der Waals surface area contributed by atoms with Crippen LogP contribution in [0.25, 0.3) is 0 Å². The summed E-state index contributed by atoms with van der Waals surface area (Å²) in [6, 6.07) is 3.80. The van der Waals surface area contributed by atoms with E-state index in [1.807, 2.05) is 7.05 Å². The van der Waals surface area contributed by atoms with E-state index in [-0.39, 0.29) is 23.5 Å². The highest BCUT2D eigenvalue weighted by Gasteiger charge is 2.27. The van der Waals surface area contributed by atoms with Crippen molar-refractivity contribution in [1.82, 2.24) is 5.32 Å². The molecule has 5 heteroatoms. The molecule has 1 saturated carbocycles. The van der Waals surface area contributed by atoms with Crippen LogP contribution in [0.4, 0.5) is 8.78 Å². The summed E-state index contributed by atoms with van der Waals surface area (Å²) in [4.78, 5) is 0. The first-order valence-corrected chi connectivity index (χ1v) is 6.38. The predicted octanol–water partition coefficient (Wildman–Crippen LogP) is 2.75. The molecular formula is C14H16F2N2O. The van der Waals surface area contributed by atoms with Gasteiger partial charge in [-0.3, -0.25) is 0 Å². The summed E-state index contributed by atoms with van der Waals surface area (Å²) in [5.41, 5.74) is -0.0452. The first-order valence-electron chi connectivity index (χ1n) is 6.38. The normalized spacial score (nSPS) is 22.8. The van der Waals surface area contributed by atoms with E-state index >= 15 is 0 Å². The van der Waals surface area contributed by atoms with Crippen LogP contribution >= 0.6 is 0 Å². The number of ether oxygens (including phenoxy) is 1. The molecule has 2 rings (SSSR count). The van der Waals surface area contributed by atoms with Crippen LogP contribution in [-0.4, -0.2) is 19.2 Å². The Labute approximate surface area is 111 Å². The number of nitrogens with zero attached hydrogens (tertiary/aromatic N) is 1. The zero-order valence-corrected chi connectivity index (χ0v) is 10.7.